The molecule has 1 fully saturated rings. The first-order valence-corrected chi connectivity index (χ1v) is 8.53. The number of rotatable bonds is 3. The minimum Gasteiger partial charge on any atom is -0.379 e. The molecule has 0 bridgehead atoms. The zero-order valence-electron chi connectivity index (χ0n) is 11.0. The summed E-state index contributed by atoms with van der Waals surface area (Å²) >= 11 is 1.25. The van der Waals surface area contributed by atoms with Crippen molar-refractivity contribution in [2.45, 2.75) is 11.1 Å². The van der Waals surface area contributed by atoms with Crippen molar-refractivity contribution >= 4 is 21.4 Å². The number of aromatic amines is 1. The van der Waals surface area contributed by atoms with Crippen LogP contribution < -0.4 is 0 Å². The molecule has 3 heterocycles. The maximum atomic E-state index is 12.5. The van der Waals surface area contributed by atoms with E-state index in [1.807, 2.05) is 13.0 Å². The number of aromatic nitrogens is 2. The van der Waals surface area contributed by atoms with Crippen LogP contribution in [0.2, 0.25) is 0 Å². The van der Waals surface area contributed by atoms with Gasteiger partial charge >= 0.3 is 0 Å². The third kappa shape index (κ3) is 2.51. The number of nitrogens with one attached hydrogen (secondary N) is 1. The summed E-state index contributed by atoms with van der Waals surface area (Å²) in [5.41, 5.74) is 1.72. The molecule has 3 rings (SSSR count). The van der Waals surface area contributed by atoms with Crippen molar-refractivity contribution < 1.29 is 13.2 Å². The summed E-state index contributed by atoms with van der Waals surface area (Å²) in [6.45, 7) is 3.65. The summed E-state index contributed by atoms with van der Waals surface area (Å²) in [7, 11) is -3.41. The lowest BCUT2D eigenvalue weighted by Crippen LogP contribution is -2.40. The molecule has 1 saturated heterocycles. The maximum absolute atomic E-state index is 12.5. The first-order valence-electron chi connectivity index (χ1n) is 6.27. The molecule has 0 spiro atoms. The molecule has 1 aliphatic rings. The van der Waals surface area contributed by atoms with Gasteiger partial charge in [-0.25, -0.2) is 8.42 Å². The van der Waals surface area contributed by atoms with E-state index >= 15 is 0 Å². The molecule has 2 aromatic rings. The van der Waals surface area contributed by atoms with E-state index in [0.717, 1.165) is 16.3 Å². The van der Waals surface area contributed by atoms with E-state index in [1.165, 1.54) is 15.6 Å². The van der Waals surface area contributed by atoms with E-state index in [1.54, 1.807) is 12.1 Å². The van der Waals surface area contributed by atoms with Gasteiger partial charge in [0.2, 0.25) is 0 Å². The smallest absolute Gasteiger partial charge is 0.252 e. The van der Waals surface area contributed by atoms with Gasteiger partial charge in [-0.2, -0.15) is 9.40 Å². The molecule has 20 heavy (non-hydrogen) atoms. The zero-order chi connectivity index (χ0) is 14.2. The quantitative estimate of drug-likeness (QED) is 0.931. The predicted molar refractivity (Wildman–Crippen MR) is 76.2 cm³/mol. The second-order valence-corrected chi connectivity index (χ2v) is 7.82. The molecule has 0 aliphatic carbocycles. The van der Waals surface area contributed by atoms with Gasteiger partial charge in [0.05, 0.1) is 18.1 Å². The number of H-pyrrole nitrogens is 1. The lowest BCUT2D eigenvalue weighted by molar-refractivity contribution is 0.0731. The van der Waals surface area contributed by atoms with Crippen LogP contribution >= 0.6 is 11.3 Å². The van der Waals surface area contributed by atoms with Gasteiger partial charge in [-0.15, -0.1) is 11.3 Å². The predicted octanol–water partition coefficient (Wildman–Crippen LogP) is 1.47. The highest BCUT2D eigenvalue weighted by atomic mass is 32.2. The average Bonchev–Trinajstić information content (AvgIpc) is 3.08. The van der Waals surface area contributed by atoms with Crippen molar-refractivity contribution in [3.63, 3.8) is 0 Å². The minimum absolute atomic E-state index is 0.357. The Balaban J connectivity index is 1.89. The van der Waals surface area contributed by atoms with E-state index in [4.69, 9.17) is 4.74 Å². The normalized spacial score (nSPS) is 17.4. The van der Waals surface area contributed by atoms with Gasteiger partial charge in [-0.3, -0.25) is 5.10 Å². The second kappa shape index (κ2) is 5.28. The molecule has 1 aliphatic heterocycles. The van der Waals surface area contributed by atoms with Crippen LogP contribution in [0.4, 0.5) is 0 Å². The monoisotopic (exact) mass is 313 g/mol. The molecule has 0 unspecified atom stereocenters. The second-order valence-electron chi connectivity index (χ2n) is 4.57. The van der Waals surface area contributed by atoms with Crippen molar-refractivity contribution in [2.24, 2.45) is 0 Å². The van der Waals surface area contributed by atoms with Gasteiger partial charge in [0.25, 0.3) is 10.0 Å². The number of nitrogens with zero attached hydrogens (tertiary/aromatic N) is 2. The first-order chi connectivity index (χ1) is 9.57. The topological polar surface area (TPSA) is 75.3 Å². The average molecular weight is 313 g/mol. The van der Waals surface area contributed by atoms with Gasteiger partial charge in [-0.1, -0.05) is 0 Å². The molecule has 0 radical (unpaired) electrons. The van der Waals surface area contributed by atoms with Crippen molar-refractivity contribution in [3.8, 4) is 10.6 Å². The summed E-state index contributed by atoms with van der Waals surface area (Å²) in [6, 6.07) is 5.35. The number of morpholine rings is 1. The molecule has 1 N–H and O–H groups in total. The number of thiophene rings is 1. The van der Waals surface area contributed by atoms with Gasteiger partial charge in [0, 0.05) is 18.8 Å². The Morgan fingerprint density at radius 2 is 2.10 bits per heavy atom. The Hall–Kier alpha value is -1.22. The van der Waals surface area contributed by atoms with Crippen LogP contribution in [0.25, 0.3) is 10.6 Å². The highest BCUT2D eigenvalue weighted by Gasteiger charge is 2.28. The van der Waals surface area contributed by atoms with Gasteiger partial charge in [0.15, 0.2) is 0 Å². The number of sulfonamides is 1. The number of ether oxygens (including phenoxy) is 1. The SMILES string of the molecule is Cc1cc(-c2ccc(S(=O)(=O)N3CCOCC3)s2)n[nH]1. The number of hydrogen-bond acceptors (Lipinski definition) is 5. The van der Waals surface area contributed by atoms with E-state index < -0.39 is 10.0 Å². The van der Waals surface area contributed by atoms with Crippen LogP contribution in [0.5, 0.6) is 0 Å². The van der Waals surface area contributed by atoms with Crippen molar-refractivity contribution in [2.75, 3.05) is 26.3 Å². The summed E-state index contributed by atoms with van der Waals surface area (Å²) in [5.74, 6) is 0. The fraction of sp³-hybridized carbons (Fsp3) is 0.417. The fourth-order valence-electron chi connectivity index (χ4n) is 2.05. The largest absolute Gasteiger partial charge is 0.379 e. The van der Waals surface area contributed by atoms with Crippen LogP contribution in [0, 0.1) is 6.92 Å². The molecular weight excluding hydrogens is 298 g/mol. The van der Waals surface area contributed by atoms with Gasteiger partial charge in [0.1, 0.15) is 9.90 Å². The fourth-order valence-corrected chi connectivity index (χ4v) is 4.88. The molecule has 2 aromatic heterocycles. The molecule has 8 heteroatoms. The van der Waals surface area contributed by atoms with Crippen molar-refractivity contribution in [1.29, 1.82) is 0 Å². The Bertz CT molecular complexity index is 699. The number of aryl methyl sites for hydroxylation is 1. The third-order valence-corrected chi connectivity index (χ3v) is 6.58. The Morgan fingerprint density at radius 3 is 2.75 bits per heavy atom. The number of hydrogen-bond donors (Lipinski definition) is 1. The van der Waals surface area contributed by atoms with E-state index in [-0.39, 0.29) is 0 Å². The lowest BCUT2D eigenvalue weighted by atomic mass is 10.3. The van der Waals surface area contributed by atoms with E-state index in [0.29, 0.717) is 30.5 Å². The van der Waals surface area contributed by atoms with Crippen LogP contribution in [0.3, 0.4) is 0 Å². The molecular formula is C12H15N3O3S2. The standard InChI is InChI=1S/C12H15N3O3S2/c1-9-8-10(14-13-9)11-2-3-12(19-11)20(16,17)15-4-6-18-7-5-15/h2-3,8H,4-7H2,1H3,(H,13,14). The van der Waals surface area contributed by atoms with E-state index in [2.05, 4.69) is 10.2 Å². The first kappa shape index (κ1) is 13.7. The summed E-state index contributed by atoms with van der Waals surface area (Å²) in [4.78, 5) is 0.848. The third-order valence-electron chi connectivity index (χ3n) is 3.10. The zero-order valence-corrected chi connectivity index (χ0v) is 12.6. The summed E-state index contributed by atoms with van der Waals surface area (Å²) in [5, 5.41) is 7.01. The summed E-state index contributed by atoms with van der Waals surface area (Å²) < 4.78 is 32.0. The Labute approximate surface area is 121 Å². The van der Waals surface area contributed by atoms with Crippen LogP contribution in [0.15, 0.2) is 22.4 Å². The van der Waals surface area contributed by atoms with Crippen LogP contribution in [0.1, 0.15) is 5.69 Å². The molecule has 0 saturated carbocycles. The molecule has 0 amide bonds. The highest BCUT2D eigenvalue weighted by Crippen LogP contribution is 2.31. The van der Waals surface area contributed by atoms with Crippen molar-refractivity contribution in [3.05, 3.63) is 23.9 Å². The summed E-state index contributed by atoms with van der Waals surface area (Å²) in [6.07, 6.45) is 0. The van der Waals surface area contributed by atoms with Gasteiger partial charge in [-0.05, 0) is 25.1 Å². The maximum Gasteiger partial charge on any atom is 0.252 e. The van der Waals surface area contributed by atoms with Crippen LogP contribution in [-0.4, -0.2) is 49.2 Å². The minimum atomic E-state index is -3.41. The Morgan fingerprint density at radius 1 is 1.35 bits per heavy atom. The van der Waals surface area contributed by atoms with Crippen molar-refractivity contribution in [1.82, 2.24) is 14.5 Å². The van der Waals surface area contributed by atoms with E-state index in [9.17, 15) is 8.42 Å². The lowest BCUT2D eigenvalue weighted by Gasteiger charge is -2.25. The Kier molecular flexibility index (Phi) is 3.63. The molecule has 0 atom stereocenters. The molecule has 0 aromatic carbocycles. The molecule has 6 nitrogen and oxygen atoms in total. The highest BCUT2D eigenvalue weighted by molar-refractivity contribution is 7.91. The molecule has 108 valence electrons. The van der Waals surface area contributed by atoms with Crippen LogP contribution in [-0.2, 0) is 14.8 Å². The van der Waals surface area contributed by atoms with Gasteiger partial charge < -0.3 is 4.74 Å².